The van der Waals surface area contributed by atoms with Crippen LogP contribution in [-0.2, 0) is 6.61 Å². The molecule has 0 amide bonds. The normalized spacial score (nSPS) is 10.3. The summed E-state index contributed by atoms with van der Waals surface area (Å²) >= 11 is 5.65. The van der Waals surface area contributed by atoms with Crippen LogP contribution >= 0.6 is 38.5 Å². The summed E-state index contributed by atoms with van der Waals surface area (Å²) in [4.78, 5) is 11.5. The van der Waals surface area contributed by atoms with E-state index in [0.717, 1.165) is 10.0 Å². The van der Waals surface area contributed by atoms with Gasteiger partial charge in [0.15, 0.2) is 5.78 Å². The van der Waals surface area contributed by atoms with Crippen molar-refractivity contribution in [2.45, 2.75) is 13.5 Å². The third kappa shape index (κ3) is 4.04. The molecule has 0 saturated carbocycles. The summed E-state index contributed by atoms with van der Waals surface area (Å²) in [5.74, 6) is 0.616. The van der Waals surface area contributed by atoms with Crippen LogP contribution in [0.3, 0.4) is 0 Å². The smallest absolute Gasteiger partial charge is 0.163 e. The van der Waals surface area contributed by atoms with Crippen LogP contribution in [0.1, 0.15) is 22.8 Å². The van der Waals surface area contributed by atoms with E-state index in [-0.39, 0.29) is 5.78 Å². The van der Waals surface area contributed by atoms with Crippen LogP contribution in [0.15, 0.2) is 46.9 Å². The van der Waals surface area contributed by atoms with Crippen molar-refractivity contribution in [2.75, 3.05) is 0 Å². The number of carbonyl (C=O) groups is 1. The fraction of sp³-hybridized carbons (Fsp3) is 0.133. The second-order valence-corrected chi connectivity index (χ2v) is 6.27. The standard InChI is InChI=1S/C15H12BrIO2/c1-10(18)14-7-4-12(16)8-15(14)19-9-11-2-5-13(17)6-3-11/h2-8H,9H2,1H3. The predicted octanol–water partition coefficient (Wildman–Crippen LogP) is 4.84. The van der Waals surface area contributed by atoms with Crippen LogP contribution in [0.4, 0.5) is 0 Å². The first-order chi connectivity index (χ1) is 9.06. The van der Waals surface area contributed by atoms with Gasteiger partial charge in [0.2, 0.25) is 0 Å². The Labute approximate surface area is 134 Å². The molecule has 0 N–H and O–H groups in total. The zero-order valence-electron chi connectivity index (χ0n) is 10.3. The van der Waals surface area contributed by atoms with Gasteiger partial charge in [-0.2, -0.15) is 0 Å². The second-order valence-electron chi connectivity index (χ2n) is 4.11. The lowest BCUT2D eigenvalue weighted by Crippen LogP contribution is -2.01. The second kappa shape index (κ2) is 6.52. The molecule has 98 valence electrons. The van der Waals surface area contributed by atoms with Crippen LogP contribution in [-0.4, -0.2) is 5.78 Å². The summed E-state index contributed by atoms with van der Waals surface area (Å²) in [6, 6.07) is 13.5. The average Bonchev–Trinajstić information content (AvgIpc) is 2.38. The molecular formula is C15H12BrIO2. The van der Waals surface area contributed by atoms with E-state index < -0.39 is 0 Å². The molecular weight excluding hydrogens is 419 g/mol. The van der Waals surface area contributed by atoms with E-state index in [1.807, 2.05) is 36.4 Å². The minimum Gasteiger partial charge on any atom is -0.488 e. The van der Waals surface area contributed by atoms with Crippen LogP contribution in [0.25, 0.3) is 0 Å². The molecule has 2 nitrogen and oxygen atoms in total. The molecule has 0 spiro atoms. The van der Waals surface area contributed by atoms with Crippen molar-refractivity contribution >= 4 is 44.3 Å². The number of rotatable bonds is 4. The average molecular weight is 431 g/mol. The molecule has 19 heavy (non-hydrogen) atoms. The molecule has 0 aliphatic heterocycles. The van der Waals surface area contributed by atoms with E-state index in [0.29, 0.717) is 17.9 Å². The Morgan fingerprint density at radius 3 is 2.53 bits per heavy atom. The molecule has 0 radical (unpaired) electrons. The van der Waals surface area contributed by atoms with Crippen molar-refractivity contribution in [3.63, 3.8) is 0 Å². The zero-order valence-corrected chi connectivity index (χ0v) is 14.1. The van der Waals surface area contributed by atoms with E-state index >= 15 is 0 Å². The van der Waals surface area contributed by atoms with Gasteiger partial charge in [0.1, 0.15) is 12.4 Å². The number of hydrogen-bond donors (Lipinski definition) is 0. The van der Waals surface area contributed by atoms with Gasteiger partial charge in [0.05, 0.1) is 5.56 Å². The third-order valence-electron chi connectivity index (χ3n) is 2.63. The lowest BCUT2D eigenvalue weighted by Gasteiger charge is -2.10. The monoisotopic (exact) mass is 430 g/mol. The van der Waals surface area contributed by atoms with Crippen molar-refractivity contribution in [1.29, 1.82) is 0 Å². The van der Waals surface area contributed by atoms with Crippen molar-refractivity contribution in [3.05, 3.63) is 61.6 Å². The number of benzene rings is 2. The predicted molar refractivity (Wildman–Crippen MR) is 87.6 cm³/mol. The summed E-state index contributed by atoms with van der Waals surface area (Å²) in [6.07, 6.45) is 0. The fourth-order valence-corrected chi connectivity index (χ4v) is 2.35. The molecule has 0 unspecified atom stereocenters. The summed E-state index contributed by atoms with van der Waals surface area (Å²) in [7, 11) is 0. The van der Waals surface area contributed by atoms with E-state index in [9.17, 15) is 4.79 Å². The highest BCUT2D eigenvalue weighted by Crippen LogP contribution is 2.25. The van der Waals surface area contributed by atoms with Gasteiger partial charge in [-0.3, -0.25) is 4.79 Å². The van der Waals surface area contributed by atoms with Gasteiger partial charge in [-0.1, -0.05) is 28.1 Å². The van der Waals surface area contributed by atoms with E-state index in [1.54, 1.807) is 13.0 Å². The van der Waals surface area contributed by atoms with Gasteiger partial charge < -0.3 is 4.74 Å². The minimum absolute atomic E-state index is 0.00473. The summed E-state index contributed by atoms with van der Waals surface area (Å²) in [6.45, 7) is 1.99. The third-order valence-corrected chi connectivity index (χ3v) is 3.84. The molecule has 2 rings (SSSR count). The Bertz CT molecular complexity index is 594. The van der Waals surface area contributed by atoms with Crippen LogP contribution in [0, 0.1) is 3.57 Å². The molecule has 0 fully saturated rings. The topological polar surface area (TPSA) is 26.3 Å². The molecule has 0 aromatic heterocycles. The van der Waals surface area contributed by atoms with Crippen LogP contribution in [0.5, 0.6) is 5.75 Å². The highest BCUT2D eigenvalue weighted by molar-refractivity contribution is 14.1. The summed E-state index contributed by atoms with van der Waals surface area (Å²) < 4.78 is 7.84. The quantitative estimate of drug-likeness (QED) is 0.512. The first-order valence-corrected chi connectivity index (χ1v) is 7.61. The van der Waals surface area contributed by atoms with Gasteiger partial charge in [0.25, 0.3) is 0 Å². The highest BCUT2D eigenvalue weighted by atomic mass is 127. The van der Waals surface area contributed by atoms with Crippen molar-refractivity contribution in [1.82, 2.24) is 0 Å². The largest absolute Gasteiger partial charge is 0.488 e. The number of hydrogen-bond acceptors (Lipinski definition) is 2. The van der Waals surface area contributed by atoms with Gasteiger partial charge in [-0.05, 0) is 65.4 Å². The summed E-state index contributed by atoms with van der Waals surface area (Å²) in [5, 5.41) is 0. The van der Waals surface area contributed by atoms with Gasteiger partial charge in [0, 0.05) is 8.04 Å². The first-order valence-electron chi connectivity index (χ1n) is 5.74. The first kappa shape index (κ1) is 14.5. The molecule has 2 aromatic carbocycles. The van der Waals surface area contributed by atoms with Crippen LogP contribution < -0.4 is 4.74 Å². The van der Waals surface area contributed by atoms with Gasteiger partial charge >= 0.3 is 0 Å². The number of ether oxygens (including phenoxy) is 1. The lowest BCUT2D eigenvalue weighted by molar-refractivity contribution is 0.101. The minimum atomic E-state index is 0.00473. The molecule has 0 saturated heterocycles. The maximum absolute atomic E-state index is 11.5. The molecule has 0 bridgehead atoms. The maximum Gasteiger partial charge on any atom is 0.163 e. The van der Waals surface area contributed by atoms with E-state index in [1.165, 1.54) is 3.57 Å². The molecule has 2 aromatic rings. The Morgan fingerprint density at radius 1 is 1.21 bits per heavy atom. The molecule has 0 aliphatic carbocycles. The molecule has 0 heterocycles. The van der Waals surface area contributed by atoms with E-state index in [4.69, 9.17) is 4.74 Å². The number of halogens is 2. The Kier molecular flexibility index (Phi) is 4.99. The van der Waals surface area contributed by atoms with Crippen molar-refractivity contribution in [2.24, 2.45) is 0 Å². The van der Waals surface area contributed by atoms with Gasteiger partial charge in [-0.15, -0.1) is 0 Å². The molecule has 0 aliphatic rings. The van der Waals surface area contributed by atoms with Crippen LogP contribution in [0.2, 0.25) is 0 Å². The zero-order chi connectivity index (χ0) is 13.8. The highest BCUT2D eigenvalue weighted by Gasteiger charge is 2.09. The SMILES string of the molecule is CC(=O)c1ccc(Br)cc1OCc1ccc(I)cc1. The Hall–Kier alpha value is -0.880. The van der Waals surface area contributed by atoms with Crippen molar-refractivity contribution < 1.29 is 9.53 Å². The Morgan fingerprint density at radius 2 is 1.89 bits per heavy atom. The molecule has 4 heteroatoms. The lowest BCUT2D eigenvalue weighted by atomic mass is 10.1. The van der Waals surface area contributed by atoms with Crippen molar-refractivity contribution in [3.8, 4) is 5.75 Å². The number of Topliss-reactive ketones (excluding diaryl/α,β-unsaturated/α-hetero) is 1. The Balaban J connectivity index is 2.16. The summed E-state index contributed by atoms with van der Waals surface area (Å²) in [5.41, 5.74) is 1.68. The maximum atomic E-state index is 11.5. The van der Waals surface area contributed by atoms with Gasteiger partial charge in [-0.25, -0.2) is 0 Å². The van der Waals surface area contributed by atoms with E-state index in [2.05, 4.69) is 38.5 Å². The number of carbonyl (C=O) groups excluding carboxylic acids is 1. The number of ketones is 1. The fourth-order valence-electron chi connectivity index (χ4n) is 1.65. The molecule has 0 atom stereocenters.